The van der Waals surface area contributed by atoms with E-state index in [1.54, 1.807) is 23.2 Å². The quantitative estimate of drug-likeness (QED) is 0.849. The van der Waals surface area contributed by atoms with Gasteiger partial charge in [0.2, 0.25) is 0 Å². The number of pyridine rings is 1. The largest absolute Gasteiger partial charge is 0.373 e. The molecule has 1 fully saturated rings. The Bertz CT molecular complexity index is 733. The van der Waals surface area contributed by atoms with Crippen molar-refractivity contribution in [2.45, 2.75) is 38.3 Å². The predicted molar refractivity (Wildman–Crippen MR) is 93.8 cm³/mol. The molecule has 0 saturated carbocycles. The normalized spacial score (nSPS) is 20.3. The van der Waals surface area contributed by atoms with Crippen molar-refractivity contribution in [1.29, 1.82) is 0 Å². The molecule has 1 amide bonds. The van der Waals surface area contributed by atoms with Crippen molar-refractivity contribution < 1.29 is 13.9 Å². The summed E-state index contributed by atoms with van der Waals surface area (Å²) in [7, 11) is 1.82. The molecule has 0 bridgehead atoms. The molecule has 0 unspecified atom stereocenters. The molecule has 1 aromatic heterocycles. The molecule has 1 aliphatic rings. The number of aryl methyl sites for hydroxylation is 1. The lowest BCUT2D eigenvalue weighted by Crippen LogP contribution is -2.41. The zero-order valence-corrected chi connectivity index (χ0v) is 14.6. The first-order valence-corrected chi connectivity index (χ1v) is 8.67. The molecule has 0 radical (unpaired) electrons. The van der Waals surface area contributed by atoms with Gasteiger partial charge in [0.05, 0.1) is 6.10 Å². The Morgan fingerprint density at radius 3 is 2.80 bits per heavy atom. The van der Waals surface area contributed by atoms with Crippen LogP contribution in [0.5, 0.6) is 0 Å². The molecule has 5 heteroatoms. The van der Waals surface area contributed by atoms with Gasteiger partial charge >= 0.3 is 0 Å². The molecule has 1 aliphatic heterocycles. The highest BCUT2D eigenvalue weighted by Crippen LogP contribution is 2.30. The van der Waals surface area contributed by atoms with Gasteiger partial charge in [-0.25, -0.2) is 4.39 Å². The molecule has 4 nitrogen and oxygen atoms in total. The van der Waals surface area contributed by atoms with Gasteiger partial charge in [-0.05, 0) is 54.7 Å². The van der Waals surface area contributed by atoms with Gasteiger partial charge in [0.25, 0.3) is 5.91 Å². The standard InChI is InChI=1S/C20H23FN2O2/c1-3-14-8-10-22-18(12-14)20(24)23(2)17-9-11-25-19(13-17)15-4-6-16(21)7-5-15/h4-8,10,12,17,19H,3,9,11,13H2,1-2H3/t17-,19+/m0/s1. The summed E-state index contributed by atoms with van der Waals surface area (Å²) < 4.78 is 18.9. The first kappa shape index (κ1) is 17.5. The lowest BCUT2D eigenvalue weighted by atomic mass is 9.96. The van der Waals surface area contributed by atoms with E-state index in [9.17, 15) is 9.18 Å². The molecule has 2 atom stereocenters. The van der Waals surface area contributed by atoms with Crippen molar-refractivity contribution in [1.82, 2.24) is 9.88 Å². The first-order chi connectivity index (χ1) is 12.1. The monoisotopic (exact) mass is 342 g/mol. The third kappa shape index (κ3) is 4.04. The Morgan fingerprint density at radius 1 is 1.32 bits per heavy atom. The number of carbonyl (C=O) groups is 1. The zero-order chi connectivity index (χ0) is 17.8. The highest BCUT2D eigenvalue weighted by Gasteiger charge is 2.29. The molecule has 0 N–H and O–H groups in total. The van der Waals surface area contributed by atoms with E-state index < -0.39 is 0 Å². The van der Waals surface area contributed by atoms with Crippen LogP contribution < -0.4 is 0 Å². The van der Waals surface area contributed by atoms with Crippen LogP contribution in [0.1, 0.15) is 47.5 Å². The number of benzene rings is 1. The first-order valence-electron chi connectivity index (χ1n) is 8.67. The van der Waals surface area contributed by atoms with Crippen molar-refractivity contribution >= 4 is 5.91 Å². The maximum atomic E-state index is 13.1. The Kier molecular flexibility index (Phi) is 5.43. The van der Waals surface area contributed by atoms with Crippen molar-refractivity contribution in [3.63, 3.8) is 0 Å². The van der Waals surface area contributed by atoms with Crippen LogP contribution in [-0.2, 0) is 11.2 Å². The SMILES string of the molecule is CCc1ccnc(C(=O)N(C)[C@H]2CCO[C@@H](c3ccc(F)cc3)C2)c1. The predicted octanol–water partition coefficient (Wildman–Crippen LogP) is 3.78. The van der Waals surface area contributed by atoms with Crippen LogP contribution in [-0.4, -0.2) is 35.5 Å². The summed E-state index contributed by atoms with van der Waals surface area (Å²) in [6.45, 7) is 2.63. The molecule has 0 spiro atoms. The van der Waals surface area contributed by atoms with Gasteiger partial charge in [-0.15, -0.1) is 0 Å². The van der Waals surface area contributed by atoms with Crippen molar-refractivity contribution in [3.05, 3.63) is 65.2 Å². The molecule has 132 valence electrons. The molecule has 2 heterocycles. The van der Waals surface area contributed by atoms with Gasteiger partial charge in [-0.2, -0.15) is 0 Å². The third-order valence-electron chi connectivity index (χ3n) is 4.82. The van der Waals surface area contributed by atoms with Gasteiger partial charge in [-0.3, -0.25) is 9.78 Å². The van der Waals surface area contributed by atoms with Crippen molar-refractivity contribution in [2.75, 3.05) is 13.7 Å². The average Bonchev–Trinajstić information content (AvgIpc) is 2.67. The maximum Gasteiger partial charge on any atom is 0.272 e. The summed E-state index contributed by atoms with van der Waals surface area (Å²) in [4.78, 5) is 18.8. The number of carbonyl (C=O) groups excluding carboxylic acids is 1. The Labute approximate surface area is 147 Å². The van der Waals surface area contributed by atoms with Crippen LogP contribution in [0.4, 0.5) is 4.39 Å². The van der Waals surface area contributed by atoms with Gasteiger partial charge in [0.15, 0.2) is 0 Å². The van der Waals surface area contributed by atoms with E-state index in [1.807, 2.05) is 19.2 Å². The lowest BCUT2D eigenvalue weighted by Gasteiger charge is -2.35. The molecule has 3 rings (SSSR count). The summed E-state index contributed by atoms with van der Waals surface area (Å²) in [6.07, 6.45) is 3.92. The topological polar surface area (TPSA) is 42.4 Å². The highest BCUT2D eigenvalue weighted by atomic mass is 19.1. The van der Waals surface area contributed by atoms with Crippen LogP contribution in [0.2, 0.25) is 0 Å². The van der Waals surface area contributed by atoms with Gasteiger partial charge < -0.3 is 9.64 Å². The summed E-state index contributed by atoms with van der Waals surface area (Å²) in [6, 6.07) is 10.2. The van der Waals surface area contributed by atoms with Crippen LogP contribution in [0.15, 0.2) is 42.6 Å². The number of rotatable bonds is 4. The van der Waals surface area contributed by atoms with Gasteiger partial charge in [0.1, 0.15) is 11.5 Å². The number of amides is 1. The van der Waals surface area contributed by atoms with Crippen LogP contribution in [0.3, 0.4) is 0 Å². The summed E-state index contributed by atoms with van der Waals surface area (Å²) in [5, 5.41) is 0. The highest BCUT2D eigenvalue weighted by molar-refractivity contribution is 5.92. The average molecular weight is 342 g/mol. The maximum absolute atomic E-state index is 13.1. The van der Waals surface area contributed by atoms with Crippen LogP contribution in [0, 0.1) is 5.82 Å². The van der Waals surface area contributed by atoms with Crippen LogP contribution in [0.25, 0.3) is 0 Å². The van der Waals surface area contributed by atoms with E-state index in [-0.39, 0.29) is 23.9 Å². The minimum atomic E-state index is -0.259. The molecular formula is C20H23FN2O2. The summed E-state index contributed by atoms with van der Waals surface area (Å²) >= 11 is 0. The van der Waals surface area contributed by atoms with Crippen molar-refractivity contribution in [3.8, 4) is 0 Å². The molecule has 1 aromatic carbocycles. The number of ether oxygens (including phenoxy) is 1. The number of hydrogen-bond acceptors (Lipinski definition) is 3. The summed E-state index contributed by atoms with van der Waals surface area (Å²) in [5.41, 5.74) is 2.52. The lowest BCUT2D eigenvalue weighted by molar-refractivity contribution is -0.0198. The molecule has 1 saturated heterocycles. The fourth-order valence-corrected chi connectivity index (χ4v) is 3.20. The second-order valence-electron chi connectivity index (χ2n) is 6.41. The van der Waals surface area contributed by atoms with Crippen molar-refractivity contribution in [2.24, 2.45) is 0 Å². The van der Waals surface area contributed by atoms with Crippen LogP contribution >= 0.6 is 0 Å². The minimum absolute atomic E-state index is 0.0694. The van der Waals surface area contributed by atoms with E-state index >= 15 is 0 Å². The summed E-state index contributed by atoms with van der Waals surface area (Å²) in [5.74, 6) is -0.328. The third-order valence-corrected chi connectivity index (χ3v) is 4.82. The Morgan fingerprint density at radius 2 is 2.08 bits per heavy atom. The van der Waals surface area contributed by atoms with E-state index in [2.05, 4.69) is 11.9 Å². The Balaban J connectivity index is 1.71. The van der Waals surface area contributed by atoms with E-state index in [4.69, 9.17) is 4.74 Å². The molecule has 0 aliphatic carbocycles. The number of hydrogen-bond donors (Lipinski definition) is 0. The molecule has 2 aromatic rings. The van der Waals surface area contributed by atoms with Gasteiger partial charge in [-0.1, -0.05) is 19.1 Å². The van der Waals surface area contributed by atoms with E-state index in [1.165, 1.54) is 12.1 Å². The number of nitrogens with zero attached hydrogens (tertiary/aromatic N) is 2. The minimum Gasteiger partial charge on any atom is -0.373 e. The smallest absolute Gasteiger partial charge is 0.272 e. The fraction of sp³-hybridized carbons (Fsp3) is 0.400. The van der Waals surface area contributed by atoms with Gasteiger partial charge in [0, 0.05) is 25.9 Å². The fourth-order valence-electron chi connectivity index (χ4n) is 3.20. The second kappa shape index (κ2) is 7.74. The van der Waals surface area contributed by atoms with E-state index in [0.717, 1.165) is 24.0 Å². The second-order valence-corrected chi connectivity index (χ2v) is 6.41. The van der Waals surface area contributed by atoms with E-state index in [0.29, 0.717) is 18.7 Å². The zero-order valence-electron chi connectivity index (χ0n) is 14.6. The molecule has 25 heavy (non-hydrogen) atoms. The number of aromatic nitrogens is 1. The molecular weight excluding hydrogens is 319 g/mol. The Hall–Kier alpha value is -2.27. The number of halogens is 1.